The minimum atomic E-state index is -0.281. The Morgan fingerprint density at radius 2 is 2.06 bits per heavy atom. The first-order valence-electron chi connectivity index (χ1n) is 5.10. The minimum Gasteiger partial charge on any atom is -0.423 e. The predicted octanol–water partition coefficient (Wildman–Crippen LogP) is 3.12. The average molecular weight is 212 g/mol. The van der Waals surface area contributed by atoms with Crippen LogP contribution < -0.4 is 4.74 Å². The van der Waals surface area contributed by atoms with E-state index in [-0.39, 0.29) is 5.97 Å². The molecule has 0 spiro atoms. The highest BCUT2D eigenvalue weighted by atomic mass is 16.5. The summed E-state index contributed by atoms with van der Waals surface area (Å²) in [6.45, 7) is 3.66. The number of hydrogen-bond donors (Lipinski definition) is 0. The normalized spacial score (nSPS) is 13.4. The Morgan fingerprint density at radius 3 is 2.62 bits per heavy atom. The number of hydrogen-bond acceptors (Lipinski definition) is 2. The van der Waals surface area contributed by atoms with Crippen LogP contribution in [0.4, 0.5) is 0 Å². The third kappa shape index (κ3) is 2.28. The summed E-state index contributed by atoms with van der Waals surface area (Å²) in [6, 6.07) is 7.24. The molecule has 0 radical (unpaired) electrons. The summed E-state index contributed by atoms with van der Waals surface area (Å²) >= 11 is 0. The van der Waals surface area contributed by atoms with E-state index in [2.05, 4.69) is 6.58 Å². The summed E-state index contributed by atoms with van der Waals surface area (Å²) in [4.78, 5) is 11.6. The van der Waals surface area contributed by atoms with E-state index in [0.717, 1.165) is 5.56 Å². The number of allylic oxidation sites excluding steroid dienone is 3. The molecule has 0 bridgehead atoms. The topological polar surface area (TPSA) is 26.3 Å². The summed E-state index contributed by atoms with van der Waals surface area (Å²) in [6.07, 6.45) is 7.97. The fraction of sp³-hybridized carbons (Fsp3) is 0.0714. The number of benzene rings is 1. The molecule has 2 heteroatoms. The van der Waals surface area contributed by atoms with Crippen molar-refractivity contribution in [3.8, 4) is 5.75 Å². The van der Waals surface area contributed by atoms with E-state index in [9.17, 15) is 4.79 Å². The molecule has 0 atom stereocenters. The SMILES string of the molecule is C=Cc1ccc(OC(=O)C2=CC=CC2)cc1. The van der Waals surface area contributed by atoms with Crippen molar-refractivity contribution in [2.75, 3.05) is 0 Å². The summed E-state index contributed by atoms with van der Waals surface area (Å²) in [5, 5.41) is 0. The van der Waals surface area contributed by atoms with Crippen molar-refractivity contribution in [3.05, 3.63) is 60.2 Å². The van der Waals surface area contributed by atoms with Crippen LogP contribution in [0.3, 0.4) is 0 Å². The van der Waals surface area contributed by atoms with E-state index in [1.807, 2.05) is 24.3 Å². The highest BCUT2D eigenvalue weighted by Gasteiger charge is 2.12. The lowest BCUT2D eigenvalue weighted by atomic mass is 10.2. The van der Waals surface area contributed by atoms with E-state index >= 15 is 0 Å². The molecular weight excluding hydrogens is 200 g/mol. The van der Waals surface area contributed by atoms with Crippen molar-refractivity contribution in [2.45, 2.75) is 6.42 Å². The van der Waals surface area contributed by atoms with Gasteiger partial charge in [-0.1, -0.05) is 43.0 Å². The Labute approximate surface area is 94.6 Å². The summed E-state index contributed by atoms with van der Waals surface area (Å²) in [5.41, 5.74) is 1.69. The zero-order valence-corrected chi connectivity index (χ0v) is 8.85. The molecule has 0 N–H and O–H groups in total. The molecule has 80 valence electrons. The average Bonchev–Trinajstić information content (AvgIpc) is 2.83. The standard InChI is InChI=1S/C14H12O2/c1-2-11-7-9-13(10-8-11)16-14(15)12-5-3-4-6-12/h2-5,7-10H,1,6H2. The number of carbonyl (C=O) groups excluding carboxylic acids is 1. The van der Waals surface area contributed by atoms with Gasteiger partial charge in [-0.3, -0.25) is 0 Å². The van der Waals surface area contributed by atoms with Crippen LogP contribution in [0.25, 0.3) is 6.08 Å². The molecule has 0 unspecified atom stereocenters. The van der Waals surface area contributed by atoms with Crippen molar-refractivity contribution < 1.29 is 9.53 Å². The number of ether oxygens (including phenoxy) is 1. The van der Waals surface area contributed by atoms with Crippen LogP contribution in [-0.2, 0) is 4.79 Å². The maximum Gasteiger partial charge on any atom is 0.339 e. The Kier molecular flexibility index (Phi) is 3.01. The van der Waals surface area contributed by atoms with E-state index < -0.39 is 0 Å². The second-order valence-electron chi connectivity index (χ2n) is 3.49. The van der Waals surface area contributed by atoms with E-state index in [0.29, 0.717) is 17.7 Å². The lowest BCUT2D eigenvalue weighted by Crippen LogP contribution is -2.09. The quantitative estimate of drug-likeness (QED) is 0.568. The van der Waals surface area contributed by atoms with E-state index in [1.165, 1.54) is 0 Å². The molecule has 0 amide bonds. The van der Waals surface area contributed by atoms with Gasteiger partial charge in [0.1, 0.15) is 5.75 Å². The van der Waals surface area contributed by atoms with Crippen molar-refractivity contribution in [2.24, 2.45) is 0 Å². The fourth-order valence-electron chi connectivity index (χ4n) is 1.44. The number of esters is 1. The van der Waals surface area contributed by atoms with Crippen LogP contribution in [0, 0.1) is 0 Å². The van der Waals surface area contributed by atoms with Crippen molar-refractivity contribution in [3.63, 3.8) is 0 Å². The molecule has 1 aliphatic carbocycles. The zero-order chi connectivity index (χ0) is 11.4. The van der Waals surface area contributed by atoms with Crippen molar-refractivity contribution >= 4 is 12.0 Å². The predicted molar refractivity (Wildman–Crippen MR) is 64.0 cm³/mol. The molecule has 2 rings (SSSR count). The van der Waals surface area contributed by atoms with Gasteiger partial charge >= 0.3 is 5.97 Å². The Balaban J connectivity index is 2.03. The fourth-order valence-corrected chi connectivity index (χ4v) is 1.44. The van der Waals surface area contributed by atoms with Crippen molar-refractivity contribution in [1.82, 2.24) is 0 Å². The molecule has 0 fully saturated rings. The molecule has 0 heterocycles. The summed E-state index contributed by atoms with van der Waals surface area (Å²) < 4.78 is 5.22. The second kappa shape index (κ2) is 4.62. The second-order valence-corrected chi connectivity index (χ2v) is 3.49. The van der Waals surface area contributed by atoms with Gasteiger partial charge in [0.05, 0.1) is 0 Å². The van der Waals surface area contributed by atoms with Gasteiger partial charge in [0, 0.05) is 5.57 Å². The molecule has 1 aromatic rings. The first-order chi connectivity index (χ1) is 7.79. The van der Waals surface area contributed by atoms with Gasteiger partial charge in [0.2, 0.25) is 0 Å². The molecular formula is C14H12O2. The van der Waals surface area contributed by atoms with Gasteiger partial charge in [0.15, 0.2) is 0 Å². The monoisotopic (exact) mass is 212 g/mol. The van der Waals surface area contributed by atoms with E-state index in [4.69, 9.17) is 4.74 Å². The van der Waals surface area contributed by atoms with Gasteiger partial charge in [-0.15, -0.1) is 0 Å². The summed E-state index contributed by atoms with van der Waals surface area (Å²) in [5.74, 6) is 0.278. The zero-order valence-electron chi connectivity index (χ0n) is 8.85. The third-order valence-corrected chi connectivity index (χ3v) is 2.36. The molecule has 16 heavy (non-hydrogen) atoms. The molecule has 1 aliphatic rings. The molecule has 1 aromatic carbocycles. The van der Waals surface area contributed by atoms with Gasteiger partial charge in [-0.05, 0) is 24.1 Å². The van der Waals surface area contributed by atoms with Crippen LogP contribution in [0.15, 0.2) is 54.6 Å². The Bertz CT molecular complexity index is 464. The van der Waals surface area contributed by atoms with Crippen molar-refractivity contribution in [1.29, 1.82) is 0 Å². The first kappa shape index (κ1) is 10.4. The Hall–Kier alpha value is -2.09. The highest BCUT2D eigenvalue weighted by molar-refractivity contribution is 5.91. The largest absolute Gasteiger partial charge is 0.423 e. The van der Waals surface area contributed by atoms with E-state index in [1.54, 1.807) is 24.3 Å². The lowest BCUT2D eigenvalue weighted by molar-refractivity contribution is -0.130. The van der Waals surface area contributed by atoms with Crippen LogP contribution in [0.1, 0.15) is 12.0 Å². The first-order valence-corrected chi connectivity index (χ1v) is 5.10. The molecule has 0 aromatic heterocycles. The van der Waals surface area contributed by atoms with Gasteiger partial charge in [0.25, 0.3) is 0 Å². The molecule has 0 saturated carbocycles. The van der Waals surface area contributed by atoms with Crippen LogP contribution >= 0.6 is 0 Å². The van der Waals surface area contributed by atoms with Gasteiger partial charge in [-0.25, -0.2) is 4.79 Å². The number of rotatable bonds is 3. The van der Waals surface area contributed by atoms with Crippen LogP contribution in [-0.4, -0.2) is 5.97 Å². The Morgan fingerprint density at radius 1 is 1.31 bits per heavy atom. The minimum absolute atomic E-state index is 0.281. The van der Waals surface area contributed by atoms with Gasteiger partial charge < -0.3 is 4.74 Å². The van der Waals surface area contributed by atoms with Crippen LogP contribution in [0.5, 0.6) is 5.75 Å². The lowest BCUT2D eigenvalue weighted by Gasteiger charge is -2.04. The van der Waals surface area contributed by atoms with Gasteiger partial charge in [-0.2, -0.15) is 0 Å². The maximum atomic E-state index is 11.6. The van der Waals surface area contributed by atoms with Crippen LogP contribution in [0.2, 0.25) is 0 Å². The third-order valence-electron chi connectivity index (χ3n) is 2.36. The molecule has 2 nitrogen and oxygen atoms in total. The number of carbonyl (C=O) groups is 1. The molecule has 0 saturated heterocycles. The highest BCUT2D eigenvalue weighted by Crippen LogP contribution is 2.17. The molecule has 0 aliphatic heterocycles. The summed E-state index contributed by atoms with van der Waals surface area (Å²) in [7, 11) is 0. The smallest absolute Gasteiger partial charge is 0.339 e. The maximum absolute atomic E-state index is 11.6.